The van der Waals surface area contributed by atoms with E-state index in [0.717, 1.165) is 20.5 Å². The lowest BCUT2D eigenvalue weighted by Gasteiger charge is -2.18. The Kier molecular flexibility index (Phi) is 11.3. The van der Waals surface area contributed by atoms with Crippen LogP contribution in [0.15, 0.2) is 136 Å². The number of aryl methyl sites for hydroxylation is 1. The van der Waals surface area contributed by atoms with Gasteiger partial charge >= 0.3 is 0 Å². The number of nitrogens with one attached hydrogen (secondary N) is 3. The molecule has 5 rings (SSSR count). The second kappa shape index (κ2) is 15.7. The Balaban J connectivity index is 1.33. The third-order valence-corrected chi connectivity index (χ3v) is 9.14. The molecule has 0 spiro atoms. The van der Waals surface area contributed by atoms with Crippen LogP contribution in [0.4, 0.5) is 15.8 Å². The van der Waals surface area contributed by atoms with Crippen molar-refractivity contribution in [2.45, 2.75) is 17.1 Å². The number of hydrogen-bond acceptors (Lipinski definition) is 4. The van der Waals surface area contributed by atoms with Crippen LogP contribution in [-0.4, -0.2) is 17.7 Å². The number of carbonyl (C=O) groups is 3. The maximum absolute atomic E-state index is 14.3. The van der Waals surface area contributed by atoms with Gasteiger partial charge in [0.1, 0.15) is 16.8 Å². The molecular formula is C37H28BrClFN3O3S. The van der Waals surface area contributed by atoms with Gasteiger partial charge in [-0.25, -0.2) is 4.39 Å². The fourth-order valence-electron chi connectivity index (χ4n) is 4.45. The summed E-state index contributed by atoms with van der Waals surface area (Å²) >= 11 is 11.0. The molecule has 3 amide bonds. The Labute approximate surface area is 289 Å². The molecule has 0 aliphatic heterocycles. The second-order valence-electron chi connectivity index (χ2n) is 10.4. The highest BCUT2D eigenvalue weighted by Crippen LogP contribution is 2.37. The number of amides is 3. The minimum atomic E-state index is -0.758. The second-order valence-corrected chi connectivity index (χ2v) is 12.9. The molecule has 0 aliphatic carbocycles. The molecule has 0 aliphatic rings. The van der Waals surface area contributed by atoms with Crippen LogP contribution < -0.4 is 16.0 Å². The first kappa shape index (κ1) is 33.7. The summed E-state index contributed by atoms with van der Waals surface area (Å²) in [5.41, 5.74) is 3.17. The summed E-state index contributed by atoms with van der Waals surface area (Å²) in [5, 5.41) is 8.30. The van der Waals surface area contributed by atoms with Crippen molar-refractivity contribution < 1.29 is 18.8 Å². The lowest BCUT2D eigenvalue weighted by Crippen LogP contribution is -2.31. The van der Waals surface area contributed by atoms with Crippen molar-refractivity contribution in [3.05, 3.63) is 165 Å². The SMILES string of the molecule is Cc1ccc(NC(=O)[C@@H](Sc2ccc(NC(=O)/C(=C/c3ccc(Br)cc3)NC(=O)c3ccccc3F)cc2)c2ccccc2)cc1Cl. The fraction of sp³-hybridized carbons (Fsp3) is 0.0541. The van der Waals surface area contributed by atoms with E-state index < -0.39 is 22.9 Å². The van der Waals surface area contributed by atoms with Crippen molar-refractivity contribution >= 4 is 74.5 Å². The molecule has 0 unspecified atom stereocenters. The zero-order chi connectivity index (χ0) is 33.3. The number of rotatable bonds is 10. The average Bonchev–Trinajstić information content (AvgIpc) is 3.07. The number of anilines is 2. The molecule has 1 atom stereocenters. The zero-order valence-electron chi connectivity index (χ0n) is 25.0. The van der Waals surface area contributed by atoms with E-state index in [-0.39, 0.29) is 17.2 Å². The van der Waals surface area contributed by atoms with Crippen molar-refractivity contribution in [3.8, 4) is 0 Å². The molecule has 0 bridgehead atoms. The predicted molar refractivity (Wildman–Crippen MR) is 191 cm³/mol. The lowest BCUT2D eigenvalue weighted by atomic mass is 10.1. The summed E-state index contributed by atoms with van der Waals surface area (Å²) in [6.45, 7) is 1.89. The quantitative estimate of drug-likeness (QED) is 0.0988. The number of hydrogen-bond donors (Lipinski definition) is 3. The van der Waals surface area contributed by atoms with E-state index in [2.05, 4.69) is 31.9 Å². The van der Waals surface area contributed by atoms with Crippen LogP contribution in [0.1, 0.15) is 32.3 Å². The highest BCUT2D eigenvalue weighted by atomic mass is 79.9. The Bertz CT molecular complexity index is 1940. The van der Waals surface area contributed by atoms with E-state index in [4.69, 9.17) is 11.6 Å². The number of halogens is 3. The minimum absolute atomic E-state index is 0.0731. The van der Waals surface area contributed by atoms with Crippen molar-refractivity contribution in [1.29, 1.82) is 0 Å². The van der Waals surface area contributed by atoms with Crippen LogP contribution in [0.3, 0.4) is 0 Å². The highest BCUT2D eigenvalue weighted by molar-refractivity contribution is 9.10. The molecule has 236 valence electrons. The van der Waals surface area contributed by atoms with Gasteiger partial charge < -0.3 is 16.0 Å². The summed E-state index contributed by atoms with van der Waals surface area (Å²) < 4.78 is 15.2. The Morgan fingerprint density at radius 1 is 0.809 bits per heavy atom. The molecule has 47 heavy (non-hydrogen) atoms. The van der Waals surface area contributed by atoms with E-state index >= 15 is 0 Å². The molecule has 5 aromatic carbocycles. The highest BCUT2D eigenvalue weighted by Gasteiger charge is 2.23. The third-order valence-electron chi connectivity index (χ3n) is 6.94. The average molecular weight is 729 g/mol. The summed E-state index contributed by atoms with van der Waals surface area (Å²) in [6, 6.07) is 34.5. The lowest BCUT2D eigenvalue weighted by molar-refractivity contribution is -0.116. The van der Waals surface area contributed by atoms with Crippen molar-refractivity contribution in [2.75, 3.05) is 10.6 Å². The van der Waals surface area contributed by atoms with Crippen molar-refractivity contribution in [1.82, 2.24) is 5.32 Å². The summed E-state index contributed by atoms with van der Waals surface area (Å²) in [6.07, 6.45) is 1.51. The Hall–Kier alpha value is -4.70. The first-order valence-electron chi connectivity index (χ1n) is 14.4. The van der Waals surface area contributed by atoms with Crippen LogP contribution in [0.2, 0.25) is 5.02 Å². The fourth-order valence-corrected chi connectivity index (χ4v) is 5.92. The topological polar surface area (TPSA) is 87.3 Å². The summed E-state index contributed by atoms with van der Waals surface area (Å²) in [7, 11) is 0. The van der Waals surface area contributed by atoms with E-state index in [1.54, 1.807) is 60.7 Å². The maximum Gasteiger partial charge on any atom is 0.272 e. The van der Waals surface area contributed by atoms with Crippen LogP contribution in [0.25, 0.3) is 6.08 Å². The van der Waals surface area contributed by atoms with Gasteiger partial charge in [0.05, 0.1) is 5.56 Å². The number of benzene rings is 5. The van der Waals surface area contributed by atoms with Crippen LogP contribution in [0.5, 0.6) is 0 Å². The molecule has 0 radical (unpaired) electrons. The normalized spacial score (nSPS) is 11.8. The minimum Gasteiger partial charge on any atom is -0.325 e. The van der Waals surface area contributed by atoms with E-state index in [0.29, 0.717) is 22.0 Å². The molecule has 0 aromatic heterocycles. The first-order chi connectivity index (χ1) is 22.7. The van der Waals surface area contributed by atoms with Gasteiger partial charge in [-0.15, -0.1) is 11.8 Å². The number of thioether (sulfide) groups is 1. The van der Waals surface area contributed by atoms with Gasteiger partial charge in [-0.2, -0.15) is 0 Å². The van der Waals surface area contributed by atoms with Crippen LogP contribution >= 0.6 is 39.3 Å². The Morgan fingerprint density at radius 3 is 2.15 bits per heavy atom. The van der Waals surface area contributed by atoms with E-state index in [9.17, 15) is 18.8 Å². The molecule has 10 heteroatoms. The number of carbonyl (C=O) groups excluding carboxylic acids is 3. The van der Waals surface area contributed by atoms with Gasteiger partial charge in [-0.3, -0.25) is 14.4 Å². The zero-order valence-corrected chi connectivity index (χ0v) is 28.1. The monoisotopic (exact) mass is 727 g/mol. The molecule has 3 N–H and O–H groups in total. The predicted octanol–water partition coefficient (Wildman–Crippen LogP) is 9.43. The van der Waals surface area contributed by atoms with E-state index in [1.807, 2.05) is 49.4 Å². The maximum atomic E-state index is 14.3. The van der Waals surface area contributed by atoms with Gasteiger partial charge in [0.2, 0.25) is 5.91 Å². The third kappa shape index (κ3) is 9.19. The van der Waals surface area contributed by atoms with Gasteiger partial charge in [0.15, 0.2) is 0 Å². The van der Waals surface area contributed by atoms with Crippen molar-refractivity contribution in [2.24, 2.45) is 0 Å². The Morgan fingerprint density at radius 2 is 1.47 bits per heavy atom. The van der Waals surface area contributed by atoms with Gasteiger partial charge in [-0.05, 0) is 90.4 Å². The molecule has 0 saturated carbocycles. The van der Waals surface area contributed by atoms with Gasteiger partial charge in [-0.1, -0.05) is 88.2 Å². The largest absolute Gasteiger partial charge is 0.325 e. The molecule has 5 aromatic rings. The van der Waals surface area contributed by atoms with Crippen molar-refractivity contribution in [3.63, 3.8) is 0 Å². The van der Waals surface area contributed by atoms with Crippen LogP contribution in [0, 0.1) is 12.7 Å². The molecular weight excluding hydrogens is 701 g/mol. The van der Waals surface area contributed by atoms with E-state index in [1.165, 1.54) is 36.0 Å². The van der Waals surface area contributed by atoms with Gasteiger partial charge in [0.25, 0.3) is 11.8 Å². The smallest absolute Gasteiger partial charge is 0.272 e. The standard InChI is InChI=1S/C37H28BrClFN3O3S/c1-23-11-16-28(22-31(23)39)42-37(46)34(25-7-3-2-4-8-25)47-29-19-17-27(18-20-29)41-36(45)33(21-24-12-14-26(38)15-13-24)43-35(44)30-9-5-6-10-32(30)40/h2-22,34H,1H3,(H,41,45)(H,42,46)(H,43,44)/b33-21-/t34-/m0/s1. The molecule has 0 fully saturated rings. The van der Waals surface area contributed by atoms with Gasteiger partial charge in [0, 0.05) is 25.8 Å². The molecule has 0 heterocycles. The summed E-state index contributed by atoms with van der Waals surface area (Å²) in [4.78, 5) is 40.6. The van der Waals surface area contributed by atoms with Crippen LogP contribution in [-0.2, 0) is 9.59 Å². The first-order valence-corrected chi connectivity index (χ1v) is 16.4. The summed E-state index contributed by atoms with van der Waals surface area (Å²) in [5.74, 6) is -2.28. The molecule has 0 saturated heterocycles. The molecule has 6 nitrogen and oxygen atoms in total.